The number of nitro groups is 1. The Balaban J connectivity index is 2.03. The van der Waals surface area contributed by atoms with Crippen LogP contribution in [-0.4, -0.2) is 58.1 Å². The van der Waals surface area contributed by atoms with E-state index in [1.807, 2.05) is 0 Å². The van der Waals surface area contributed by atoms with Crippen molar-refractivity contribution >= 4 is 23.1 Å². The van der Waals surface area contributed by atoms with Crippen LogP contribution in [0.5, 0.6) is 0 Å². The van der Waals surface area contributed by atoms with Gasteiger partial charge < -0.3 is 19.8 Å². The molecule has 0 radical (unpaired) electrons. The Labute approximate surface area is 172 Å². The number of carbonyl (C=O) groups is 2. The normalized spacial score (nSPS) is 18.0. The van der Waals surface area contributed by atoms with Crippen LogP contribution in [0.15, 0.2) is 60.2 Å². The van der Waals surface area contributed by atoms with Crippen LogP contribution in [0.25, 0.3) is 5.76 Å². The van der Waals surface area contributed by atoms with Gasteiger partial charge in [0.15, 0.2) is 0 Å². The molecule has 9 heteroatoms. The molecule has 0 bridgehead atoms. The van der Waals surface area contributed by atoms with Crippen molar-refractivity contribution in [1.29, 1.82) is 0 Å². The van der Waals surface area contributed by atoms with Gasteiger partial charge in [-0.3, -0.25) is 19.7 Å². The Morgan fingerprint density at radius 3 is 2.33 bits per heavy atom. The van der Waals surface area contributed by atoms with Crippen molar-refractivity contribution < 1.29 is 29.5 Å². The molecule has 3 rings (SSSR count). The summed E-state index contributed by atoms with van der Waals surface area (Å²) in [5, 5.41) is 30.5. The van der Waals surface area contributed by atoms with E-state index < -0.39 is 28.4 Å². The van der Waals surface area contributed by atoms with Gasteiger partial charge in [-0.2, -0.15) is 0 Å². The molecule has 1 heterocycles. The summed E-state index contributed by atoms with van der Waals surface area (Å²) in [7, 11) is 0. The molecule has 1 atom stereocenters. The molecule has 156 valence electrons. The van der Waals surface area contributed by atoms with Gasteiger partial charge in [0, 0.05) is 24.2 Å². The lowest BCUT2D eigenvalue weighted by Gasteiger charge is -2.25. The Morgan fingerprint density at radius 1 is 1.07 bits per heavy atom. The van der Waals surface area contributed by atoms with E-state index in [0.29, 0.717) is 5.56 Å². The molecule has 0 aliphatic carbocycles. The van der Waals surface area contributed by atoms with Gasteiger partial charge in [0.25, 0.3) is 17.4 Å². The van der Waals surface area contributed by atoms with E-state index in [9.17, 15) is 24.8 Å². The molecular weight excluding hydrogens is 392 g/mol. The van der Waals surface area contributed by atoms with E-state index in [1.54, 1.807) is 30.3 Å². The van der Waals surface area contributed by atoms with Crippen molar-refractivity contribution in [1.82, 2.24) is 4.90 Å². The van der Waals surface area contributed by atoms with Crippen molar-refractivity contribution in [3.05, 3.63) is 81.4 Å². The summed E-state index contributed by atoms with van der Waals surface area (Å²) >= 11 is 0. The van der Waals surface area contributed by atoms with Crippen molar-refractivity contribution in [2.75, 3.05) is 26.4 Å². The Hall–Kier alpha value is -3.56. The molecule has 1 fully saturated rings. The molecule has 0 saturated carbocycles. The average molecular weight is 412 g/mol. The quantitative estimate of drug-likeness (QED) is 0.169. The second-order valence-electron chi connectivity index (χ2n) is 6.54. The van der Waals surface area contributed by atoms with Crippen LogP contribution in [0.1, 0.15) is 17.2 Å². The molecule has 0 spiro atoms. The number of ketones is 1. The fourth-order valence-electron chi connectivity index (χ4n) is 3.32. The summed E-state index contributed by atoms with van der Waals surface area (Å²) in [6.45, 7) is 0.124. The zero-order chi connectivity index (χ0) is 21.7. The SMILES string of the molecule is O=C1C(=O)N(CCOCCO)C(c2ccccc2)C1=C(O)c1ccc([N+](=O)[O-])cc1. The number of aliphatic hydroxyl groups is 2. The van der Waals surface area contributed by atoms with Gasteiger partial charge in [0.05, 0.1) is 36.4 Å². The summed E-state index contributed by atoms with van der Waals surface area (Å²) in [6.07, 6.45) is 0. The van der Waals surface area contributed by atoms with Crippen LogP contribution in [0, 0.1) is 10.1 Å². The molecule has 1 aliphatic heterocycles. The maximum Gasteiger partial charge on any atom is 0.295 e. The molecule has 2 N–H and O–H groups in total. The third kappa shape index (κ3) is 4.22. The molecule has 0 aromatic heterocycles. The Bertz CT molecular complexity index is 971. The van der Waals surface area contributed by atoms with E-state index >= 15 is 0 Å². The third-order valence-corrected chi connectivity index (χ3v) is 4.72. The van der Waals surface area contributed by atoms with Crippen molar-refractivity contribution in [3.63, 3.8) is 0 Å². The number of aliphatic hydroxyl groups excluding tert-OH is 2. The minimum Gasteiger partial charge on any atom is -0.507 e. The Morgan fingerprint density at radius 2 is 1.73 bits per heavy atom. The second-order valence-corrected chi connectivity index (χ2v) is 6.54. The maximum absolute atomic E-state index is 12.8. The number of rotatable bonds is 8. The smallest absolute Gasteiger partial charge is 0.295 e. The van der Waals surface area contributed by atoms with Gasteiger partial charge in [0.1, 0.15) is 5.76 Å². The lowest BCUT2D eigenvalue weighted by Crippen LogP contribution is -2.33. The largest absolute Gasteiger partial charge is 0.507 e. The fraction of sp³-hybridized carbons (Fsp3) is 0.238. The second kappa shape index (κ2) is 9.29. The summed E-state index contributed by atoms with van der Waals surface area (Å²) < 4.78 is 5.23. The van der Waals surface area contributed by atoms with Gasteiger partial charge in [-0.15, -0.1) is 0 Å². The highest BCUT2D eigenvalue weighted by molar-refractivity contribution is 6.46. The third-order valence-electron chi connectivity index (χ3n) is 4.72. The number of ether oxygens (including phenoxy) is 1. The highest BCUT2D eigenvalue weighted by atomic mass is 16.6. The summed E-state index contributed by atoms with van der Waals surface area (Å²) in [5.41, 5.74) is 0.563. The summed E-state index contributed by atoms with van der Waals surface area (Å²) in [4.78, 5) is 37.1. The number of likely N-dealkylation sites (tertiary alicyclic amines) is 1. The number of Topliss-reactive ketones (excluding diaryl/α,β-unsaturated/α-hetero) is 1. The van der Waals surface area contributed by atoms with E-state index in [4.69, 9.17) is 9.84 Å². The van der Waals surface area contributed by atoms with E-state index in [1.165, 1.54) is 29.2 Å². The Kier molecular flexibility index (Phi) is 6.55. The van der Waals surface area contributed by atoms with Crippen LogP contribution in [0.4, 0.5) is 5.69 Å². The lowest BCUT2D eigenvalue weighted by molar-refractivity contribution is -0.384. The van der Waals surface area contributed by atoms with Gasteiger partial charge in [-0.25, -0.2) is 0 Å². The van der Waals surface area contributed by atoms with Gasteiger partial charge in [0.2, 0.25) is 0 Å². The van der Waals surface area contributed by atoms with E-state index in [-0.39, 0.29) is 43.2 Å². The summed E-state index contributed by atoms with van der Waals surface area (Å²) in [6, 6.07) is 13.0. The molecule has 1 amide bonds. The van der Waals surface area contributed by atoms with Crippen LogP contribution in [-0.2, 0) is 14.3 Å². The number of benzene rings is 2. The fourth-order valence-corrected chi connectivity index (χ4v) is 3.32. The lowest BCUT2D eigenvalue weighted by atomic mass is 9.95. The molecule has 1 aliphatic rings. The van der Waals surface area contributed by atoms with Gasteiger partial charge in [-0.1, -0.05) is 30.3 Å². The molecule has 1 unspecified atom stereocenters. The standard InChI is InChI=1S/C21H20N2O7/c24-11-13-30-12-10-22-18(14-4-2-1-3-5-14)17(20(26)21(22)27)19(25)15-6-8-16(9-7-15)23(28)29/h1-9,18,24-25H,10-13H2. The van der Waals surface area contributed by atoms with Crippen LogP contribution < -0.4 is 0 Å². The number of hydrogen-bond donors (Lipinski definition) is 2. The van der Waals surface area contributed by atoms with E-state index in [2.05, 4.69) is 0 Å². The van der Waals surface area contributed by atoms with Crippen LogP contribution in [0.3, 0.4) is 0 Å². The predicted octanol–water partition coefficient (Wildman–Crippen LogP) is 2.03. The first-order chi connectivity index (χ1) is 14.5. The van der Waals surface area contributed by atoms with Gasteiger partial charge in [-0.05, 0) is 17.7 Å². The first-order valence-electron chi connectivity index (χ1n) is 9.22. The van der Waals surface area contributed by atoms with Crippen LogP contribution >= 0.6 is 0 Å². The number of non-ortho nitro benzene ring substituents is 1. The average Bonchev–Trinajstić information content (AvgIpc) is 3.01. The number of hydrogen-bond acceptors (Lipinski definition) is 7. The minimum absolute atomic E-state index is 0.0845. The molecule has 2 aromatic rings. The highest BCUT2D eigenvalue weighted by Crippen LogP contribution is 2.39. The number of nitrogens with zero attached hydrogens (tertiary/aromatic N) is 2. The molecule has 30 heavy (non-hydrogen) atoms. The van der Waals surface area contributed by atoms with Crippen molar-refractivity contribution in [2.24, 2.45) is 0 Å². The summed E-state index contributed by atoms with van der Waals surface area (Å²) in [5.74, 6) is -2.03. The maximum atomic E-state index is 12.8. The zero-order valence-corrected chi connectivity index (χ0v) is 15.9. The number of carbonyl (C=O) groups excluding carboxylic acids is 2. The highest BCUT2D eigenvalue weighted by Gasteiger charge is 2.45. The van der Waals surface area contributed by atoms with Gasteiger partial charge >= 0.3 is 0 Å². The molecule has 1 saturated heterocycles. The van der Waals surface area contributed by atoms with Crippen molar-refractivity contribution in [3.8, 4) is 0 Å². The zero-order valence-electron chi connectivity index (χ0n) is 15.9. The topological polar surface area (TPSA) is 130 Å². The first kappa shape index (κ1) is 21.2. The molecule has 9 nitrogen and oxygen atoms in total. The van der Waals surface area contributed by atoms with Crippen molar-refractivity contribution in [2.45, 2.75) is 6.04 Å². The minimum atomic E-state index is -0.845. The van der Waals surface area contributed by atoms with Crippen LogP contribution in [0.2, 0.25) is 0 Å². The molecular formula is C21H20N2O7. The predicted molar refractivity (Wildman–Crippen MR) is 106 cm³/mol. The van der Waals surface area contributed by atoms with E-state index in [0.717, 1.165) is 0 Å². The number of amides is 1. The number of nitro benzene ring substituents is 1. The first-order valence-corrected chi connectivity index (χ1v) is 9.22. The molecule has 2 aromatic carbocycles. The monoisotopic (exact) mass is 412 g/mol.